The second kappa shape index (κ2) is 7.89. The smallest absolute Gasteiger partial charge is 0.340 e. The summed E-state index contributed by atoms with van der Waals surface area (Å²) < 4.78 is 5.71. The highest BCUT2D eigenvalue weighted by molar-refractivity contribution is 9.10. The molecule has 0 N–H and O–H groups in total. The minimum absolute atomic E-state index is 0.212. The van der Waals surface area contributed by atoms with E-state index in [0.29, 0.717) is 21.4 Å². The van der Waals surface area contributed by atoms with Crippen LogP contribution >= 0.6 is 39.1 Å². The van der Waals surface area contributed by atoms with Crippen LogP contribution in [0.25, 0.3) is 6.08 Å². The van der Waals surface area contributed by atoms with Gasteiger partial charge in [0.1, 0.15) is 0 Å². The summed E-state index contributed by atoms with van der Waals surface area (Å²) >= 11 is 15.5. The van der Waals surface area contributed by atoms with Crippen LogP contribution in [-0.2, 0) is 14.3 Å². The quantitative estimate of drug-likeness (QED) is 0.434. The van der Waals surface area contributed by atoms with E-state index in [1.165, 1.54) is 12.0 Å². The third kappa shape index (κ3) is 3.68. The molecule has 0 aliphatic carbocycles. The number of carbonyl (C=O) groups excluding carboxylic acids is 2. The number of amides is 1. The summed E-state index contributed by atoms with van der Waals surface area (Å²) in [5, 5.41) is 0.698. The first-order valence-corrected chi connectivity index (χ1v) is 9.45. The van der Waals surface area contributed by atoms with Crippen LogP contribution in [0.3, 0.4) is 0 Å². The lowest BCUT2D eigenvalue weighted by Gasteiger charge is -2.18. The molecule has 27 heavy (non-hydrogen) atoms. The Morgan fingerprint density at radius 2 is 1.85 bits per heavy atom. The van der Waals surface area contributed by atoms with Crippen molar-refractivity contribution in [3.05, 3.63) is 79.4 Å². The molecule has 2 aromatic carbocycles. The van der Waals surface area contributed by atoms with Gasteiger partial charge in [-0.25, -0.2) is 4.79 Å². The monoisotopic (exact) mass is 465 g/mol. The molecule has 1 aliphatic heterocycles. The fourth-order valence-electron chi connectivity index (χ4n) is 2.86. The molecule has 2 aromatic rings. The number of allylic oxidation sites excluding steroid dienone is 1. The van der Waals surface area contributed by atoms with Crippen LogP contribution in [0.4, 0.5) is 5.69 Å². The Morgan fingerprint density at radius 3 is 2.48 bits per heavy atom. The topological polar surface area (TPSA) is 46.6 Å². The molecule has 0 saturated carbocycles. The molecule has 4 nitrogen and oxygen atoms in total. The molecule has 7 heteroatoms. The van der Waals surface area contributed by atoms with E-state index in [-0.39, 0.29) is 17.1 Å². The van der Waals surface area contributed by atoms with Gasteiger partial charge < -0.3 is 4.74 Å². The van der Waals surface area contributed by atoms with Crippen molar-refractivity contribution in [1.29, 1.82) is 0 Å². The van der Waals surface area contributed by atoms with Gasteiger partial charge in [-0.1, -0.05) is 57.3 Å². The van der Waals surface area contributed by atoms with Gasteiger partial charge in [0.2, 0.25) is 0 Å². The number of rotatable bonds is 3. The van der Waals surface area contributed by atoms with E-state index in [2.05, 4.69) is 15.9 Å². The van der Waals surface area contributed by atoms with E-state index < -0.39 is 5.97 Å². The highest BCUT2D eigenvalue weighted by atomic mass is 79.9. The Labute approximate surface area is 175 Å². The summed E-state index contributed by atoms with van der Waals surface area (Å²) in [6, 6.07) is 12.3. The van der Waals surface area contributed by atoms with E-state index in [0.717, 1.165) is 10.0 Å². The van der Waals surface area contributed by atoms with Gasteiger partial charge in [-0.05, 0) is 42.8 Å². The number of hydrogen-bond acceptors (Lipinski definition) is 3. The summed E-state index contributed by atoms with van der Waals surface area (Å²) in [6.07, 6.45) is 1.67. The van der Waals surface area contributed by atoms with Crippen LogP contribution in [0.2, 0.25) is 10.0 Å². The SMILES string of the molecule is COC(=O)C1=C(C)N(c2ccc(Cl)c(Cl)c2)C(=O)/C1=C\c1ccccc1Br. The van der Waals surface area contributed by atoms with E-state index in [1.807, 2.05) is 24.3 Å². The summed E-state index contributed by atoms with van der Waals surface area (Å²) in [5.74, 6) is -0.927. The van der Waals surface area contributed by atoms with Crippen LogP contribution < -0.4 is 4.90 Å². The van der Waals surface area contributed by atoms with Crippen LogP contribution in [-0.4, -0.2) is 19.0 Å². The molecule has 1 amide bonds. The Morgan fingerprint density at radius 1 is 1.15 bits per heavy atom. The van der Waals surface area contributed by atoms with E-state index in [9.17, 15) is 9.59 Å². The average molecular weight is 467 g/mol. The molecule has 0 radical (unpaired) electrons. The number of anilines is 1. The molecule has 0 atom stereocenters. The molecule has 0 bridgehead atoms. The predicted molar refractivity (Wildman–Crippen MR) is 111 cm³/mol. The Bertz CT molecular complexity index is 1010. The fourth-order valence-corrected chi connectivity index (χ4v) is 3.55. The van der Waals surface area contributed by atoms with Crippen molar-refractivity contribution < 1.29 is 14.3 Å². The lowest BCUT2D eigenvalue weighted by atomic mass is 10.0. The first-order chi connectivity index (χ1) is 12.8. The zero-order chi connectivity index (χ0) is 19.7. The van der Waals surface area contributed by atoms with Crippen molar-refractivity contribution in [2.75, 3.05) is 12.0 Å². The second-order valence-electron chi connectivity index (χ2n) is 5.77. The number of carbonyl (C=O) groups is 2. The van der Waals surface area contributed by atoms with Crippen molar-refractivity contribution in [1.82, 2.24) is 0 Å². The van der Waals surface area contributed by atoms with Crippen LogP contribution in [0.15, 0.2) is 63.8 Å². The van der Waals surface area contributed by atoms with Gasteiger partial charge in [0.05, 0.1) is 34.0 Å². The van der Waals surface area contributed by atoms with E-state index >= 15 is 0 Å². The van der Waals surface area contributed by atoms with E-state index in [1.54, 1.807) is 31.2 Å². The average Bonchev–Trinajstić information content (AvgIpc) is 2.89. The van der Waals surface area contributed by atoms with Crippen molar-refractivity contribution in [3.63, 3.8) is 0 Å². The summed E-state index contributed by atoms with van der Waals surface area (Å²) in [7, 11) is 1.28. The molecule has 138 valence electrons. The highest BCUT2D eigenvalue weighted by Crippen LogP contribution is 2.38. The third-order valence-corrected chi connectivity index (χ3v) is 5.62. The normalized spacial score (nSPS) is 15.7. The summed E-state index contributed by atoms with van der Waals surface area (Å²) in [5.41, 5.74) is 2.21. The third-order valence-electron chi connectivity index (χ3n) is 4.16. The molecule has 0 aromatic heterocycles. The fraction of sp³-hybridized carbons (Fsp3) is 0.100. The molecular weight excluding hydrogens is 453 g/mol. The largest absolute Gasteiger partial charge is 0.465 e. The Kier molecular flexibility index (Phi) is 5.75. The number of halogens is 3. The van der Waals surface area contributed by atoms with Crippen molar-refractivity contribution >= 4 is 62.8 Å². The number of ether oxygens (including phenoxy) is 1. The van der Waals surface area contributed by atoms with Crippen molar-refractivity contribution in [3.8, 4) is 0 Å². The van der Waals surface area contributed by atoms with Gasteiger partial charge in [0, 0.05) is 10.2 Å². The van der Waals surface area contributed by atoms with E-state index in [4.69, 9.17) is 27.9 Å². The van der Waals surface area contributed by atoms with Crippen molar-refractivity contribution in [2.24, 2.45) is 0 Å². The molecular formula is C20H14BrCl2NO3. The lowest BCUT2D eigenvalue weighted by Crippen LogP contribution is -2.24. The first kappa shape index (κ1) is 19.7. The molecule has 1 aliphatic rings. The van der Waals surface area contributed by atoms with Gasteiger partial charge in [0.25, 0.3) is 5.91 Å². The Hall–Kier alpha value is -2.08. The Balaban J connectivity index is 2.17. The molecule has 0 saturated heterocycles. The molecule has 1 heterocycles. The first-order valence-electron chi connectivity index (χ1n) is 7.90. The number of esters is 1. The molecule has 3 rings (SSSR count). The minimum Gasteiger partial charge on any atom is -0.465 e. The van der Waals surface area contributed by atoms with Gasteiger partial charge >= 0.3 is 5.97 Å². The summed E-state index contributed by atoms with van der Waals surface area (Å²) in [6.45, 7) is 1.69. The molecule has 0 fully saturated rings. The van der Waals surface area contributed by atoms with Gasteiger partial charge in [-0.2, -0.15) is 0 Å². The maximum atomic E-state index is 13.2. The van der Waals surface area contributed by atoms with Crippen LogP contribution in [0, 0.1) is 0 Å². The highest BCUT2D eigenvalue weighted by Gasteiger charge is 2.38. The maximum Gasteiger partial charge on any atom is 0.340 e. The number of methoxy groups -OCH3 is 1. The number of benzene rings is 2. The zero-order valence-corrected chi connectivity index (χ0v) is 17.5. The standard InChI is InChI=1S/C20H14BrCl2NO3/c1-11-18(20(26)27-2)14(9-12-5-3-4-6-15(12)21)19(25)24(11)13-7-8-16(22)17(23)10-13/h3-10H,1-2H3/b14-9-. The van der Waals surface area contributed by atoms with Crippen molar-refractivity contribution in [2.45, 2.75) is 6.92 Å². The number of nitrogens with zero attached hydrogens (tertiary/aromatic N) is 1. The molecule has 0 spiro atoms. The second-order valence-corrected chi connectivity index (χ2v) is 7.44. The zero-order valence-electron chi connectivity index (χ0n) is 14.4. The number of hydrogen-bond donors (Lipinski definition) is 0. The van der Waals surface area contributed by atoms with Crippen LogP contribution in [0.1, 0.15) is 12.5 Å². The van der Waals surface area contributed by atoms with Gasteiger partial charge in [-0.15, -0.1) is 0 Å². The lowest BCUT2D eigenvalue weighted by molar-refractivity contribution is -0.136. The summed E-state index contributed by atoms with van der Waals surface area (Å²) in [4.78, 5) is 27.0. The predicted octanol–water partition coefficient (Wildman–Crippen LogP) is 5.63. The maximum absolute atomic E-state index is 13.2. The minimum atomic E-state index is -0.582. The van der Waals surface area contributed by atoms with Gasteiger partial charge in [-0.3, -0.25) is 9.69 Å². The molecule has 0 unspecified atom stereocenters. The van der Waals surface area contributed by atoms with Gasteiger partial charge in [0.15, 0.2) is 0 Å². The van der Waals surface area contributed by atoms with Crippen LogP contribution in [0.5, 0.6) is 0 Å².